The molecule has 0 spiro atoms. The molecule has 10 heteroatoms. The lowest BCUT2D eigenvalue weighted by Gasteiger charge is -2.31. The average Bonchev–Trinajstić information content (AvgIpc) is 3.27. The van der Waals surface area contributed by atoms with E-state index in [1.54, 1.807) is 26.0 Å². The number of sulfonamides is 1. The number of anilines is 2. The standard InChI is InChI=1S/C25H30N4O4S2/c1-25(2,23(30)31)17-29-15-8-4-3-5-10-18-11-6-7-12-19(18)20-16-34-24(26-20)28-35(32,33)22-14-9-13-21(29)27-22/h6-7,9,11-14,16H,3-5,8,10,15,17H2,1-2H3,(H,26,28)(H,30,31). The molecule has 0 amide bonds. The van der Waals surface area contributed by atoms with E-state index < -0.39 is 21.4 Å². The Hall–Kier alpha value is -2.98. The summed E-state index contributed by atoms with van der Waals surface area (Å²) in [6.07, 6.45) is 4.80. The van der Waals surface area contributed by atoms with Crippen molar-refractivity contribution in [1.82, 2.24) is 9.97 Å². The summed E-state index contributed by atoms with van der Waals surface area (Å²) in [6, 6.07) is 12.9. The Labute approximate surface area is 210 Å². The first-order valence-electron chi connectivity index (χ1n) is 11.7. The number of hydrogen-bond acceptors (Lipinski definition) is 7. The van der Waals surface area contributed by atoms with Crippen LogP contribution >= 0.6 is 11.3 Å². The SMILES string of the molecule is CC(C)(CN1CCCCCCc2ccccc2-c2csc(n2)NS(=O)(=O)c2cccc1n2)C(=O)O. The highest BCUT2D eigenvalue weighted by Crippen LogP contribution is 2.30. The molecule has 8 nitrogen and oxygen atoms in total. The van der Waals surface area contributed by atoms with Crippen LogP contribution in [0.3, 0.4) is 0 Å². The first-order valence-corrected chi connectivity index (χ1v) is 14.0. The van der Waals surface area contributed by atoms with Gasteiger partial charge in [0.15, 0.2) is 10.2 Å². The maximum atomic E-state index is 13.1. The van der Waals surface area contributed by atoms with Crippen LogP contribution in [0.1, 0.15) is 45.1 Å². The summed E-state index contributed by atoms with van der Waals surface area (Å²) in [6.45, 7) is 4.14. The van der Waals surface area contributed by atoms with Gasteiger partial charge in [0.25, 0.3) is 10.0 Å². The molecule has 3 aromatic rings. The maximum Gasteiger partial charge on any atom is 0.310 e. The highest BCUT2D eigenvalue weighted by Gasteiger charge is 2.31. The van der Waals surface area contributed by atoms with Crippen LogP contribution in [0.4, 0.5) is 10.9 Å². The van der Waals surface area contributed by atoms with Crippen molar-refractivity contribution in [3.63, 3.8) is 0 Å². The Morgan fingerprint density at radius 1 is 1.09 bits per heavy atom. The molecule has 1 aliphatic heterocycles. The van der Waals surface area contributed by atoms with E-state index in [0.717, 1.165) is 43.4 Å². The number of thiazole rings is 1. The number of benzene rings is 1. The number of nitrogens with one attached hydrogen (secondary N) is 1. The van der Waals surface area contributed by atoms with E-state index in [0.29, 0.717) is 12.4 Å². The molecule has 2 aromatic heterocycles. The van der Waals surface area contributed by atoms with Crippen LogP contribution in [0.2, 0.25) is 0 Å². The van der Waals surface area contributed by atoms with Gasteiger partial charge in [-0.15, -0.1) is 11.3 Å². The molecule has 1 aromatic carbocycles. The number of hydrogen-bond donors (Lipinski definition) is 2. The van der Waals surface area contributed by atoms with Gasteiger partial charge in [-0.2, -0.15) is 8.42 Å². The number of aryl methyl sites for hydroxylation is 1. The summed E-state index contributed by atoms with van der Waals surface area (Å²) in [7, 11) is -3.98. The van der Waals surface area contributed by atoms with E-state index in [-0.39, 0.29) is 16.7 Å². The van der Waals surface area contributed by atoms with Crippen LogP contribution in [0.5, 0.6) is 0 Å². The minimum atomic E-state index is -3.98. The number of pyridine rings is 1. The third-order valence-electron chi connectivity index (χ3n) is 6.12. The summed E-state index contributed by atoms with van der Waals surface area (Å²) in [5, 5.41) is 11.7. The lowest BCUT2D eigenvalue weighted by atomic mass is 9.93. The van der Waals surface area contributed by atoms with Crippen LogP contribution in [-0.2, 0) is 21.2 Å². The van der Waals surface area contributed by atoms with Gasteiger partial charge in [0, 0.05) is 24.0 Å². The number of carbonyl (C=O) groups is 1. The molecule has 0 aliphatic carbocycles. The zero-order valence-electron chi connectivity index (χ0n) is 19.9. The van der Waals surface area contributed by atoms with E-state index in [2.05, 4.69) is 20.8 Å². The summed E-state index contributed by atoms with van der Waals surface area (Å²) >= 11 is 1.23. The smallest absolute Gasteiger partial charge is 0.310 e. The van der Waals surface area contributed by atoms with E-state index in [1.165, 1.54) is 23.0 Å². The van der Waals surface area contributed by atoms with Gasteiger partial charge in [-0.25, -0.2) is 9.97 Å². The second-order valence-corrected chi connectivity index (χ2v) is 11.9. The molecule has 0 unspecified atom stereocenters. The lowest BCUT2D eigenvalue weighted by Crippen LogP contribution is -2.40. The number of fused-ring (bicyclic) bond motifs is 6. The molecule has 3 heterocycles. The van der Waals surface area contributed by atoms with E-state index in [4.69, 9.17) is 0 Å². The first kappa shape index (κ1) is 25.1. The number of aliphatic carboxylic acids is 1. The summed E-state index contributed by atoms with van der Waals surface area (Å²) in [4.78, 5) is 22.6. The second-order valence-electron chi connectivity index (χ2n) is 9.41. The van der Waals surface area contributed by atoms with Gasteiger partial charge >= 0.3 is 5.97 Å². The number of nitrogens with zero attached hydrogens (tertiary/aromatic N) is 3. The number of carboxylic acids is 1. The fourth-order valence-corrected chi connectivity index (χ4v) is 6.05. The fraction of sp³-hybridized carbons (Fsp3) is 0.400. The molecule has 0 radical (unpaired) electrons. The van der Waals surface area contributed by atoms with Crippen molar-refractivity contribution in [3.05, 3.63) is 53.4 Å². The highest BCUT2D eigenvalue weighted by molar-refractivity contribution is 7.92. The maximum absolute atomic E-state index is 13.1. The van der Waals surface area contributed by atoms with Crippen molar-refractivity contribution in [2.75, 3.05) is 22.7 Å². The molecule has 4 bridgehead atoms. The Balaban J connectivity index is 1.70. The largest absolute Gasteiger partial charge is 0.481 e. The van der Waals surface area contributed by atoms with Crippen molar-refractivity contribution in [1.29, 1.82) is 0 Å². The van der Waals surface area contributed by atoms with Gasteiger partial charge in [0.05, 0.1) is 11.1 Å². The Morgan fingerprint density at radius 2 is 1.86 bits per heavy atom. The Kier molecular flexibility index (Phi) is 7.42. The number of rotatable bonds is 3. The highest BCUT2D eigenvalue weighted by atomic mass is 32.2. The van der Waals surface area contributed by atoms with Crippen LogP contribution in [-0.4, -0.2) is 42.6 Å². The summed E-state index contributed by atoms with van der Waals surface area (Å²) in [5.74, 6) is -0.469. The summed E-state index contributed by atoms with van der Waals surface area (Å²) < 4.78 is 28.8. The molecule has 0 saturated carbocycles. The van der Waals surface area contributed by atoms with E-state index in [9.17, 15) is 18.3 Å². The molecule has 0 saturated heterocycles. The van der Waals surface area contributed by atoms with Gasteiger partial charge < -0.3 is 10.0 Å². The van der Waals surface area contributed by atoms with Gasteiger partial charge in [-0.1, -0.05) is 43.2 Å². The van der Waals surface area contributed by atoms with Crippen molar-refractivity contribution < 1.29 is 18.3 Å². The lowest BCUT2D eigenvalue weighted by molar-refractivity contribution is -0.146. The third-order valence-corrected chi connectivity index (χ3v) is 8.24. The third kappa shape index (κ3) is 5.99. The second kappa shape index (κ2) is 10.3. The zero-order valence-corrected chi connectivity index (χ0v) is 21.5. The topological polar surface area (TPSA) is 112 Å². The minimum Gasteiger partial charge on any atom is -0.481 e. The zero-order chi connectivity index (χ0) is 25.1. The molecular weight excluding hydrogens is 484 g/mol. The number of carboxylic acid groups (broad SMARTS) is 1. The van der Waals surface area contributed by atoms with Crippen LogP contribution in [0, 0.1) is 5.41 Å². The van der Waals surface area contributed by atoms with Crippen molar-refractivity contribution in [2.24, 2.45) is 5.41 Å². The van der Waals surface area contributed by atoms with Crippen molar-refractivity contribution in [2.45, 2.75) is 51.0 Å². The first-order chi connectivity index (χ1) is 16.7. The van der Waals surface area contributed by atoms with Gasteiger partial charge in [-0.05, 0) is 50.8 Å². The van der Waals surface area contributed by atoms with Gasteiger partial charge in [-0.3, -0.25) is 9.52 Å². The molecule has 35 heavy (non-hydrogen) atoms. The van der Waals surface area contributed by atoms with Gasteiger partial charge in [0.1, 0.15) is 5.82 Å². The van der Waals surface area contributed by atoms with Gasteiger partial charge in [0.2, 0.25) is 0 Å². The molecular formula is C25H30N4O4S2. The quantitative estimate of drug-likeness (QED) is 0.503. The monoisotopic (exact) mass is 514 g/mol. The number of aromatic nitrogens is 2. The normalized spacial score (nSPS) is 16.6. The van der Waals surface area contributed by atoms with Crippen molar-refractivity contribution >= 4 is 38.3 Å². The molecule has 4 rings (SSSR count). The predicted octanol–water partition coefficient (Wildman–Crippen LogP) is 5.04. The molecule has 1 aliphatic rings. The molecule has 0 atom stereocenters. The van der Waals surface area contributed by atoms with E-state index >= 15 is 0 Å². The molecule has 0 fully saturated rings. The van der Waals surface area contributed by atoms with Crippen molar-refractivity contribution in [3.8, 4) is 11.3 Å². The van der Waals surface area contributed by atoms with Crippen LogP contribution in [0.25, 0.3) is 11.3 Å². The summed E-state index contributed by atoms with van der Waals surface area (Å²) in [5.41, 5.74) is 1.93. The van der Waals surface area contributed by atoms with Crippen LogP contribution < -0.4 is 9.62 Å². The fourth-order valence-electron chi connectivity index (χ4n) is 4.12. The minimum absolute atomic E-state index is 0.130. The Morgan fingerprint density at radius 3 is 2.66 bits per heavy atom. The van der Waals surface area contributed by atoms with E-state index in [1.807, 2.05) is 28.5 Å². The Bertz CT molecular complexity index is 1300. The molecule has 186 valence electrons. The van der Waals surface area contributed by atoms with Crippen LogP contribution in [0.15, 0.2) is 52.9 Å². The molecule has 2 N–H and O–H groups in total. The predicted molar refractivity (Wildman–Crippen MR) is 138 cm³/mol. The average molecular weight is 515 g/mol.